The third-order valence-electron chi connectivity index (χ3n) is 1.84. The first-order valence-electron chi connectivity index (χ1n) is 4.74. The van der Waals surface area contributed by atoms with E-state index in [-0.39, 0.29) is 24.4 Å². The van der Waals surface area contributed by atoms with Crippen molar-refractivity contribution in [3.63, 3.8) is 0 Å². The van der Waals surface area contributed by atoms with Crippen molar-refractivity contribution in [2.45, 2.75) is 18.6 Å². The standard InChI is InChI=1S/C8H12F3N3O2S/c1-16-4-5(2-3-15)12-7-14-13-6(17-7)8(9,10)11/h5,15H,2-4H2,1H3,(H,12,14). The number of anilines is 1. The minimum Gasteiger partial charge on any atom is -0.396 e. The molecule has 0 radical (unpaired) electrons. The van der Waals surface area contributed by atoms with Crippen LogP contribution in [0.25, 0.3) is 0 Å². The molecule has 1 atom stereocenters. The number of halogens is 3. The maximum Gasteiger partial charge on any atom is 0.445 e. The molecule has 0 saturated carbocycles. The average Bonchev–Trinajstić information content (AvgIpc) is 2.66. The number of aromatic nitrogens is 2. The monoisotopic (exact) mass is 271 g/mol. The fraction of sp³-hybridized carbons (Fsp3) is 0.750. The molecule has 2 N–H and O–H groups in total. The molecular formula is C8H12F3N3O2S. The van der Waals surface area contributed by atoms with Gasteiger partial charge in [0.05, 0.1) is 12.6 Å². The largest absolute Gasteiger partial charge is 0.445 e. The van der Waals surface area contributed by atoms with Crippen molar-refractivity contribution in [2.24, 2.45) is 0 Å². The summed E-state index contributed by atoms with van der Waals surface area (Å²) < 4.78 is 41.6. The van der Waals surface area contributed by atoms with Crippen LogP contribution in [0, 0.1) is 0 Å². The second kappa shape index (κ2) is 6.12. The van der Waals surface area contributed by atoms with E-state index in [4.69, 9.17) is 9.84 Å². The minimum atomic E-state index is -4.48. The Hall–Kier alpha value is -0.930. The summed E-state index contributed by atoms with van der Waals surface area (Å²) in [6.45, 7) is 0.174. The molecule has 0 aliphatic carbocycles. The van der Waals surface area contributed by atoms with Crippen molar-refractivity contribution < 1.29 is 23.0 Å². The Morgan fingerprint density at radius 3 is 2.65 bits per heavy atom. The molecular weight excluding hydrogens is 259 g/mol. The first kappa shape index (κ1) is 14.1. The van der Waals surface area contributed by atoms with Crippen LogP contribution in [0.4, 0.5) is 18.3 Å². The van der Waals surface area contributed by atoms with E-state index < -0.39 is 11.2 Å². The SMILES string of the molecule is COCC(CCO)Nc1nnc(C(F)(F)F)s1. The van der Waals surface area contributed by atoms with Gasteiger partial charge in [0.25, 0.3) is 0 Å². The molecule has 0 aliphatic rings. The normalized spacial score (nSPS) is 13.7. The Balaban J connectivity index is 2.63. The molecule has 0 aliphatic heterocycles. The van der Waals surface area contributed by atoms with Crippen LogP contribution in [-0.4, -0.2) is 41.7 Å². The summed E-state index contributed by atoms with van der Waals surface area (Å²) in [4.78, 5) is 0. The molecule has 1 unspecified atom stereocenters. The zero-order valence-corrected chi connectivity index (χ0v) is 9.81. The van der Waals surface area contributed by atoms with Crippen molar-refractivity contribution in [1.29, 1.82) is 0 Å². The van der Waals surface area contributed by atoms with Crippen molar-refractivity contribution in [3.05, 3.63) is 5.01 Å². The highest BCUT2D eigenvalue weighted by Crippen LogP contribution is 2.33. The molecule has 1 aromatic heterocycles. The van der Waals surface area contributed by atoms with Gasteiger partial charge in [-0.2, -0.15) is 13.2 Å². The van der Waals surface area contributed by atoms with Crippen LogP contribution in [0.5, 0.6) is 0 Å². The number of methoxy groups -OCH3 is 1. The Morgan fingerprint density at radius 2 is 2.18 bits per heavy atom. The fourth-order valence-electron chi connectivity index (χ4n) is 1.12. The predicted octanol–water partition coefficient (Wildman–Crippen LogP) is 1.37. The van der Waals surface area contributed by atoms with E-state index in [2.05, 4.69) is 15.5 Å². The number of alkyl halides is 3. The van der Waals surface area contributed by atoms with Crippen LogP contribution < -0.4 is 5.32 Å². The zero-order valence-electron chi connectivity index (χ0n) is 8.99. The highest BCUT2D eigenvalue weighted by molar-refractivity contribution is 7.15. The lowest BCUT2D eigenvalue weighted by molar-refractivity contribution is -0.138. The molecule has 0 aromatic carbocycles. The average molecular weight is 271 g/mol. The summed E-state index contributed by atoms with van der Waals surface area (Å²) in [5.74, 6) is 0. The Labute approximate surface area is 99.6 Å². The first-order chi connectivity index (χ1) is 7.97. The van der Waals surface area contributed by atoms with E-state index in [1.54, 1.807) is 0 Å². The van der Waals surface area contributed by atoms with Crippen molar-refractivity contribution in [2.75, 3.05) is 25.6 Å². The number of ether oxygens (including phenoxy) is 1. The number of aliphatic hydroxyl groups excluding tert-OH is 1. The lowest BCUT2D eigenvalue weighted by Crippen LogP contribution is -2.26. The first-order valence-corrected chi connectivity index (χ1v) is 5.56. The molecule has 0 amide bonds. The van der Waals surface area contributed by atoms with E-state index in [0.29, 0.717) is 17.8 Å². The molecule has 5 nitrogen and oxygen atoms in total. The third kappa shape index (κ3) is 4.44. The van der Waals surface area contributed by atoms with Crippen LogP contribution in [0.2, 0.25) is 0 Å². The number of nitrogens with one attached hydrogen (secondary N) is 1. The van der Waals surface area contributed by atoms with Gasteiger partial charge >= 0.3 is 6.18 Å². The fourth-order valence-corrected chi connectivity index (χ4v) is 1.81. The number of nitrogens with zero attached hydrogens (tertiary/aromatic N) is 2. The van der Waals surface area contributed by atoms with E-state index in [0.717, 1.165) is 0 Å². The number of rotatable bonds is 6. The minimum absolute atomic E-state index is 0.0628. The molecule has 98 valence electrons. The predicted molar refractivity (Wildman–Crippen MR) is 55.9 cm³/mol. The molecule has 0 spiro atoms. The quantitative estimate of drug-likeness (QED) is 0.818. The van der Waals surface area contributed by atoms with Crippen LogP contribution in [-0.2, 0) is 10.9 Å². The van der Waals surface area contributed by atoms with Gasteiger partial charge in [-0.15, -0.1) is 10.2 Å². The van der Waals surface area contributed by atoms with Crippen LogP contribution in [0.3, 0.4) is 0 Å². The van der Waals surface area contributed by atoms with E-state index >= 15 is 0 Å². The zero-order chi connectivity index (χ0) is 12.9. The summed E-state index contributed by atoms with van der Waals surface area (Å²) in [6, 6.07) is -0.293. The second-order valence-electron chi connectivity index (χ2n) is 3.22. The van der Waals surface area contributed by atoms with Gasteiger partial charge in [-0.05, 0) is 6.42 Å². The van der Waals surface area contributed by atoms with Crippen molar-refractivity contribution in [3.8, 4) is 0 Å². The number of hydrogen-bond donors (Lipinski definition) is 2. The summed E-state index contributed by atoms with van der Waals surface area (Å²) in [7, 11) is 1.47. The topological polar surface area (TPSA) is 67.3 Å². The number of hydrogen-bond acceptors (Lipinski definition) is 6. The van der Waals surface area contributed by atoms with Gasteiger partial charge < -0.3 is 15.2 Å². The van der Waals surface area contributed by atoms with Gasteiger partial charge in [0.1, 0.15) is 0 Å². The molecule has 1 aromatic rings. The van der Waals surface area contributed by atoms with Crippen LogP contribution in [0.15, 0.2) is 0 Å². The Kier molecular flexibility index (Phi) is 5.09. The molecule has 0 saturated heterocycles. The van der Waals surface area contributed by atoms with E-state index in [1.807, 2.05) is 0 Å². The van der Waals surface area contributed by atoms with E-state index in [1.165, 1.54) is 7.11 Å². The molecule has 1 heterocycles. The molecule has 9 heteroatoms. The summed E-state index contributed by atoms with van der Waals surface area (Å²) in [6.07, 6.45) is -4.12. The molecule has 1 rings (SSSR count). The lowest BCUT2D eigenvalue weighted by Gasteiger charge is -2.15. The van der Waals surface area contributed by atoms with Crippen LogP contribution >= 0.6 is 11.3 Å². The van der Waals surface area contributed by atoms with E-state index in [9.17, 15) is 13.2 Å². The van der Waals surface area contributed by atoms with Gasteiger partial charge in [-0.3, -0.25) is 0 Å². The number of aliphatic hydroxyl groups is 1. The maximum absolute atomic E-state index is 12.3. The van der Waals surface area contributed by atoms with Gasteiger partial charge in [-0.25, -0.2) is 0 Å². The lowest BCUT2D eigenvalue weighted by atomic mass is 10.2. The highest BCUT2D eigenvalue weighted by atomic mass is 32.1. The maximum atomic E-state index is 12.3. The van der Waals surface area contributed by atoms with Gasteiger partial charge in [-0.1, -0.05) is 11.3 Å². The second-order valence-corrected chi connectivity index (χ2v) is 4.20. The van der Waals surface area contributed by atoms with Crippen molar-refractivity contribution >= 4 is 16.5 Å². The smallest absolute Gasteiger partial charge is 0.396 e. The van der Waals surface area contributed by atoms with Gasteiger partial charge in [0.15, 0.2) is 0 Å². The van der Waals surface area contributed by atoms with Crippen molar-refractivity contribution in [1.82, 2.24) is 10.2 Å². The molecule has 17 heavy (non-hydrogen) atoms. The molecule has 0 bridgehead atoms. The van der Waals surface area contributed by atoms with Gasteiger partial charge in [0, 0.05) is 13.7 Å². The Bertz CT molecular complexity index is 339. The summed E-state index contributed by atoms with van der Waals surface area (Å²) >= 11 is 0.424. The Morgan fingerprint density at radius 1 is 1.47 bits per heavy atom. The molecule has 0 fully saturated rings. The van der Waals surface area contributed by atoms with Gasteiger partial charge in [0.2, 0.25) is 10.1 Å². The van der Waals surface area contributed by atoms with Crippen LogP contribution in [0.1, 0.15) is 11.4 Å². The third-order valence-corrected chi connectivity index (χ3v) is 2.74. The summed E-state index contributed by atoms with van der Waals surface area (Å²) in [5.41, 5.74) is 0. The highest BCUT2D eigenvalue weighted by Gasteiger charge is 2.35. The summed E-state index contributed by atoms with van der Waals surface area (Å²) in [5, 5.41) is 17.0.